The van der Waals surface area contributed by atoms with Gasteiger partial charge >= 0.3 is 0 Å². The van der Waals surface area contributed by atoms with Gasteiger partial charge < -0.3 is 15.5 Å². The first-order valence-electron chi connectivity index (χ1n) is 8.76. The lowest BCUT2D eigenvalue weighted by Gasteiger charge is -2.15. The van der Waals surface area contributed by atoms with Gasteiger partial charge in [-0.1, -0.05) is 23.9 Å². The Kier molecular flexibility index (Phi) is 7.95. The number of hydrogen-bond donors (Lipinski definition) is 3. The molecule has 1 unspecified atom stereocenters. The van der Waals surface area contributed by atoms with Gasteiger partial charge in [0.2, 0.25) is 0 Å². The van der Waals surface area contributed by atoms with E-state index < -0.39 is 5.76 Å². The number of carbonyl (C=O) groups is 2. The highest BCUT2D eigenvalue weighted by molar-refractivity contribution is 7.99. The van der Waals surface area contributed by atoms with E-state index in [1.165, 1.54) is 12.1 Å². The molecule has 2 aromatic rings. The molecule has 0 fully saturated rings. The summed E-state index contributed by atoms with van der Waals surface area (Å²) in [4.78, 5) is 25.5. The van der Waals surface area contributed by atoms with Crippen LogP contribution >= 0.6 is 11.8 Å². The van der Waals surface area contributed by atoms with Crippen molar-refractivity contribution in [2.24, 2.45) is 0 Å². The van der Waals surface area contributed by atoms with E-state index in [-0.39, 0.29) is 24.9 Å². The van der Waals surface area contributed by atoms with Crippen LogP contribution in [0, 0.1) is 13.8 Å². The summed E-state index contributed by atoms with van der Waals surface area (Å²) in [7, 11) is 1.75. The fourth-order valence-corrected chi connectivity index (χ4v) is 3.12. The first kappa shape index (κ1) is 21.8. The maximum absolute atomic E-state index is 12.3. The molecular weight excluding hydrogens is 384 g/mol. The van der Waals surface area contributed by atoms with E-state index in [0.29, 0.717) is 22.3 Å². The quantitative estimate of drug-likeness (QED) is 0.589. The maximum atomic E-state index is 12.3. The van der Waals surface area contributed by atoms with Crippen molar-refractivity contribution in [1.82, 2.24) is 0 Å². The zero-order chi connectivity index (χ0) is 20.7. The number of nitrogens with one attached hydrogen (secondary N) is 3. The molecule has 0 aromatic heterocycles. The topological polar surface area (TPSA) is 62.6 Å². The standard InChI is InChI=1S/C20H23F2N3O2S/c1-13-5-4-6-17(14(13)2)24-19(27)12-25(3)11-18(26)23-15-7-9-16(10-8-15)28-20(21)22/h4-10,20H,11-12H2,1-3H3,(H,23,26)(H,24,27)/p+1. The van der Waals surface area contributed by atoms with Gasteiger partial charge in [-0.25, -0.2) is 0 Å². The van der Waals surface area contributed by atoms with E-state index in [9.17, 15) is 18.4 Å². The van der Waals surface area contributed by atoms with Crippen molar-refractivity contribution in [3.8, 4) is 0 Å². The number of benzene rings is 2. The summed E-state index contributed by atoms with van der Waals surface area (Å²) in [6.45, 7) is 4.17. The molecule has 1 atom stereocenters. The van der Waals surface area contributed by atoms with Crippen molar-refractivity contribution in [1.29, 1.82) is 0 Å². The van der Waals surface area contributed by atoms with Crippen molar-refractivity contribution >= 4 is 35.0 Å². The monoisotopic (exact) mass is 408 g/mol. The predicted molar refractivity (Wildman–Crippen MR) is 108 cm³/mol. The zero-order valence-electron chi connectivity index (χ0n) is 16.0. The van der Waals surface area contributed by atoms with Gasteiger partial charge in [-0.3, -0.25) is 9.59 Å². The normalized spacial score (nSPS) is 11.9. The fourth-order valence-electron chi connectivity index (χ4n) is 2.62. The SMILES string of the molecule is Cc1cccc(NC(=O)C[NH+](C)CC(=O)Nc2ccc(SC(F)F)cc2)c1C. The molecule has 28 heavy (non-hydrogen) atoms. The molecule has 0 saturated carbocycles. The van der Waals surface area contributed by atoms with Gasteiger partial charge in [0.1, 0.15) is 0 Å². The first-order valence-corrected chi connectivity index (χ1v) is 9.64. The number of halogens is 2. The molecular formula is C20H24F2N3O2S+. The molecule has 3 N–H and O–H groups in total. The van der Waals surface area contributed by atoms with Crippen LogP contribution in [0.4, 0.5) is 20.2 Å². The summed E-state index contributed by atoms with van der Waals surface area (Å²) in [5.74, 6) is -2.91. The van der Waals surface area contributed by atoms with E-state index in [2.05, 4.69) is 10.6 Å². The molecule has 0 aliphatic heterocycles. The molecule has 0 saturated heterocycles. The molecule has 2 aromatic carbocycles. The fraction of sp³-hybridized carbons (Fsp3) is 0.300. The lowest BCUT2D eigenvalue weighted by atomic mass is 10.1. The Labute approximate surface area is 167 Å². The van der Waals surface area contributed by atoms with E-state index in [4.69, 9.17) is 0 Å². The third-order valence-electron chi connectivity index (χ3n) is 4.17. The summed E-state index contributed by atoms with van der Waals surface area (Å²) < 4.78 is 24.6. The van der Waals surface area contributed by atoms with Gasteiger partial charge in [0.05, 0.1) is 7.05 Å². The van der Waals surface area contributed by atoms with Gasteiger partial charge in [0, 0.05) is 16.3 Å². The molecule has 0 bridgehead atoms. The summed E-state index contributed by atoms with van der Waals surface area (Å²) in [6, 6.07) is 11.9. The van der Waals surface area contributed by atoms with Crippen molar-refractivity contribution < 1.29 is 23.3 Å². The van der Waals surface area contributed by atoms with Crippen molar-refractivity contribution in [2.45, 2.75) is 24.5 Å². The minimum Gasteiger partial charge on any atom is -0.322 e. The van der Waals surface area contributed by atoms with Crippen LogP contribution in [0.5, 0.6) is 0 Å². The van der Waals surface area contributed by atoms with Gasteiger partial charge in [-0.05, 0) is 55.3 Å². The van der Waals surface area contributed by atoms with Gasteiger partial charge in [-0.2, -0.15) is 8.78 Å². The van der Waals surface area contributed by atoms with Crippen LogP contribution < -0.4 is 15.5 Å². The Bertz CT molecular complexity index is 829. The second-order valence-corrected chi connectivity index (χ2v) is 7.62. The molecule has 2 amide bonds. The Morgan fingerprint density at radius 1 is 1.00 bits per heavy atom. The Hall–Kier alpha value is -2.45. The highest BCUT2D eigenvalue weighted by Crippen LogP contribution is 2.26. The summed E-state index contributed by atoms with van der Waals surface area (Å²) >= 11 is 0.451. The lowest BCUT2D eigenvalue weighted by molar-refractivity contribution is -0.862. The number of alkyl halides is 2. The average molecular weight is 408 g/mol. The van der Waals surface area contributed by atoms with Gasteiger partial charge in [0.25, 0.3) is 17.6 Å². The average Bonchev–Trinajstić information content (AvgIpc) is 2.60. The summed E-state index contributed by atoms with van der Waals surface area (Å²) in [6.07, 6.45) is 0. The number of amides is 2. The number of anilines is 2. The second-order valence-electron chi connectivity index (χ2n) is 6.56. The number of aryl methyl sites for hydroxylation is 1. The molecule has 5 nitrogen and oxygen atoms in total. The van der Waals surface area contributed by atoms with E-state index >= 15 is 0 Å². The van der Waals surface area contributed by atoms with E-state index in [1.54, 1.807) is 19.2 Å². The number of thioether (sulfide) groups is 1. The van der Waals surface area contributed by atoms with Crippen LogP contribution in [0.15, 0.2) is 47.4 Å². The van der Waals surface area contributed by atoms with E-state index in [1.807, 2.05) is 32.0 Å². The molecule has 0 spiro atoms. The highest BCUT2D eigenvalue weighted by Gasteiger charge is 2.15. The number of carbonyl (C=O) groups excluding carboxylic acids is 2. The molecule has 8 heteroatoms. The zero-order valence-corrected chi connectivity index (χ0v) is 16.8. The van der Waals surface area contributed by atoms with Crippen LogP contribution in [-0.4, -0.2) is 37.7 Å². The molecule has 0 heterocycles. The van der Waals surface area contributed by atoms with Crippen LogP contribution in [-0.2, 0) is 9.59 Å². The largest absolute Gasteiger partial charge is 0.322 e. The minimum absolute atomic E-state index is 0.105. The van der Waals surface area contributed by atoms with Gasteiger partial charge in [-0.15, -0.1) is 0 Å². The lowest BCUT2D eigenvalue weighted by Crippen LogP contribution is -3.11. The second kappa shape index (κ2) is 10.2. The van der Waals surface area contributed by atoms with Crippen LogP contribution in [0.3, 0.4) is 0 Å². The summed E-state index contributed by atoms with van der Waals surface area (Å²) in [5.41, 5.74) is 3.40. The third kappa shape index (κ3) is 6.94. The van der Waals surface area contributed by atoms with Crippen LogP contribution in [0.1, 0.15) is 11.1 Å². The molecule has 2 rings (SSSR count). The molecule has 0 aliphatic rings. The molecule has 150 valence electrons. The first-order chi connectivity index (χ1) is 13.2. The smallest absolute Gasteiger partial charge is 0.288 e. The van der Waals surface area contributed by atoms with Crippen molar-refractivity contribution in [3.63, 3.8) is 0 Å². The third-order valence-corrected chi connectivity index (χ3v) is 4.89. The maximum Gasteiger partial charge on any atom is 0.288 e. The predicted octanol–water partition coefficient (Wildman–Crippen LogP) is 2.71. The Morgan fingerprint density at radius 3 is 2.21 bits per heavy atom. The highest BCUT2D eigenvalue weighted by atomic mass is 32.2. The van der Waals surface area contributed by atoms with Crippen LogP contribution in [0.25, 0.3) is 0 Å². The number of hydrogen-bond acceptors (Lipinski definition) is 3. The van der Waals surface area contributed by atoms with E-state index in [0.717, 1.165) is 21.7 Å². The van der Waals surface area contributed by atoms with Crippen LogP contribution in [0.2, 0.25) is 0 Å². The minimum atomic E-state index is -2.48. The molecule has 0 aliphatic carbocycles. The number of likely N-dealkylation sites (N-methyl/N-ethyl adjacent to an activating group) is 1. The molecule has 0 radical (unpaired) electrons. The summed E-state index contributed by atoms with van der Waals surface area (Å²) in [5, 5.41) is 5.58. The Morgan fingerprint density at radius 2 is 1.61 bits per heavy atom. The Balaban J connectivity index is 1.81. The number of rotatable bonds is 8. The number of quaternary nitrogens is 1. The van der Waals surface area contributed by atoms with Crippen molar-refractivity contribution in [2.75, 3.05) is 30.8 Å². The van der Waals surface area contributed by atoms with Crippen molar-refractivity contribution in [3.05, 3.63) is 53.6 Å². The van der Waals surface area contributed by atoms with Gasteiger partial charge in [0.15, 0.2) is 13.1 Å².